The first-order valence-electron chi connectivity index (χ1n) is 20.5. The van der Waals surface area contributed by atoms with Gasteiger partial charge < -0.3 is 0 Å². The van der Waals surface area contributed by atoms with Gasteiger partial charge in [0, 0.05) is 0 Å². The summed E-state index contributed by atoms with van der Waals surface area (Å²) in [6.07, 6.45) is 0. The normalized spacial score (nSPS) is 14.2. The van der Waals surface area contributed by atoms with Crippen LogP contribution in [0.5, 0.6) is 0 Å². The summed E-state index contributed by atoms with van der Waals surface area (Å²) in [7, 11) is 0. The van der Waals surface area contributed by atoms with Crippen molar-refractivity contribution in [3.8, 4) is 0 Å². The molecule has 0 bridgehead atoms. The number of hydrogen-bond donors (Lipinski definition) is 0. The minimum absolute atomic E-state index is 0.157. The van der Waals surface area contributed by atoms with Gasteiger partial charge in [0.2, 0.25) is 0 Å². The van der Waals surface area contributed by atoms with Crippen LogP contribution in [0.4, 0.5) is 4.79 Å². The number of hydrogen-bond acceptors (Lipinski definition) is 1. The Balaban J connectivity index is 1.77. The minimum atomic E-state index is -4.79. The molecule has 0 atom stereocenters. The number of halogens is 1. The Morgan fingerprint density at radius 3 is 0.459 bits per heavy atom. The van der Waals surface area contributed by atoms with E-state index >= 15 is 4.79 Å². The molecule has 0 saturated heterocycles. The third kappa shape index (κ3) is 6.47. The van der Waals surface area contributed by atoms with E-state index in [1.807, 2.05) is 0 Å². The molecule has 0 amide bonds. The maximum atomic E-state index is 17.5. The van der Waals surface area contributed by atoms with Crippen molar-refractivity contribution in [2.75, 3.05) is 0 Å². The fourth-order valence-corrected chi connectivity index (χ4v) is 118. The molecular formula is C55H48ClOP3Rh. The molecule has 9 rings (SSSR count). The van der Waals surface area contributed by atoms with Crippen molar-refractivity contribution < 1.29 is 18.1 Å². The van der Waals surface area contributed by atoms with Crippen molar-refractivity contribution in [2.45, 2.75) is 0 Å². The summed E-state index contributed by atoms with van der Waals surface area (Å²) in [4.78, 5) is 17.5. The Kier molecular flexibility index (Phi) is 12.2. The molecule has 0 aliphatic carbocycles. The van der Waals surface area contributed by atoms with Gasteiger partial charge in [-0.05, 0) is 0 Å². The fraction of sp³-hybridized carbons (Fsp3) is 0. The van der Waals surface area contributed by atoms with E-state index < -0.39 is 30.1 Å². The van der Waals surface area contributed by atoms with Gasteiger partial charge in [-0.2, -0.15) is 0 Å². The van der Waals surface area contributed by atoms with E-state index in [-0.39, 0.29) is 3.84 Å². The van der Waals surface area contributed by atoms with Gasteiger partial charge in [-0.25, -0.2) is 0 Å². The summed E-state index contributed by atoms with van der Waals surface area (Å²) in [5.74, 6) is 0. The average molecular weight is 956 g/mol. The van der Waals surface area contributed by atoms with Crippen molar-refractivity contribution in [1.29, 1.82) is 0 Å². The first-order chi connectivity index (χ1) is 30.1. The molecule has 61 heavy (non-hydrogen) atoms. The van der Waals surface area contributed by atoms with E-state index in [0.29, 0.717) is 0 Å². The third-order valence-corrected chi connectivity index (χ3v) is 86.6. The average Bonchev–Trinajstić information content (AvgIpc) is 3.35. The van der Waals surface area contributed by atoms with Gasteiger partial charge in [0.25, 0.3) is 0 Å². The second-order valence-corrected chi connectivity index (χ2v) is 53.7. The fourth-order valence-electron chi connectivity index (χ4n) is 9.60. The molecule has 305 valence electrons. The summed E-state index contributed by atoms with van der Waals surface area (Å²) in [6, 6.07) is 100. The van der Waals surface area contributed by atoms with E-state index in [9.17, 15) is 0 Å². The monoisotopic (exact) mass is 955 g/mol. The number of carbonyl (C=O) groups excluding carboxylic acids is 1. The van der Waals surface area contributed by atoms with Crippen LogP contribution in [0, 0.1) is 0 Å². The molecule has 0 saturated carbocycles. The Morgan fingerprint density at radius 1 is 0.246 bits per heavy atom. The maximum absolute atomic E-state index is 17.5. The third-order valence-electron chi connectivity index (χ3n) is 11.7. The summed E-state index contributed by atoms with van der Waals surface area (Å²) >= 11 is 3.65. The molecule has 0 radical (unpaired) electrons. The first kappa shape index (κ1) is 41.2. The zero-order chi connectivity index (χ0) is 41.6. The summed E-state index contributed by atoms with van der Waals surface area (Å²) in [5.41, 5.74) is -11.5. The van der Waals surface area contributed by atoms with Gasteiger partial charge in [0.05, 0.1) is 0 Å². The van der Waals surface area contributed by atoms with E-state index in [4.69, 9.17) is 11.6 Å². The molecule has 0 aliphatic rings. The van der Waals surface area contributed by atoms with Crippen molar-refractivity contribution in [1.82, 2.24) is 0 Å². The van der Waals surface area contributed by atoms with Gasteiger partial charge in [0.1, 0.15) is 0 Å². The Labute approximate surface area is 368 Å². The quantitative estimate of drug-likeness (QED) is 0.0640. The molecule has 0 heterocycles. The van der Waals surface area contributed by atoms with Crippen LogP contribution in [0.3, 0.4) is 0 Å². The van der Waals surface area contributed by atoms with Gasteiger partial charge in [-0.3, -0.25) is 0 Å². The standard InChI is InChI=1S/3C18H15P.CClO.Rh/c3*1-4-10-16(11-5-1)19(17-12-6-2-7-13-17)18-14-8-3-9-15-18;2-1-3;/h3*1-15H;;/q;;;;-3/p+3. The number of carbonyl (C=O) groups is 1. The van der Waals surface area contributed by atoms with Gasteiger partial charge in [-0.15, -0.1) is 0 Å². The molecule has 6 heteroatoms. The Morgan fingerprint density at radius 2 is 0.361 bits per heavy atom. The molecule has 0 aliphatic heterocycles. The molecule has 0 fully saturated rings. The van der Waals surface area contributed by atoms with Crippen molar-refractivity contribution >= 4 is 80.0 Å². The Hall–Kier alpha value is -5.15. The van der Waals surface area contributed by atoms with Gasteiger partial charge >= 0.3 is 371 Å². The van der Waals surface area contributed by atoms with E-state index in [1.165, 1.54) is 47.7 Å². The second-order valence-electron chi connectivity index (χ2n) is 14.9. The molecule has 0 aromatic heterocycles. The van der Waals surface area contributed by atoms with Crippen LogP contribution in [0.1, 0.15) is 0 Å². The predicted octanol–water partition coefficient (Wildman–Crippen LogP) is 10.4. The van der Waals surface area contributed by atoms with E-state index in [2.05, 4.69) is 273 Å². The molecule has 1 nitrogen and oxygen atoms in total. The van der Waals surface area contributed by atoms with Crippen molar-refractivity contribution in [2.24, 2.45) is 0 Å². The summed E-state index contributed by atoms with van der Waals surface area (Å²) < 4.78 is -0.157. The van der Waals surface area contributed by atoms with Crippen LogP contribution >= 0.6 is 28.4 Å². The molecule has 0 spiro atoms. The molecule has 9 aromatic rings. The summed E-state index contributed by atoms with van der Waals surface area (Å²) in [5, 5.41) is 10.8. The van der Waals surface area contributed by atoms with Gasteiger partial charge in [-0.1, -0.05) is 0 Å². The Bertz CT molecular complexity index is 2210. The topological polar surface area (TPSA) is 17.1 Å². The molecule has 0 N–H and O–H groups in total. The van der Waals surface area contributed by atoms with Crippen LogP contribution in [0.15, 0.2) is 273 Å². The van der Waals surface area contributed by atoms with Crippen molar-refractivity contribution in [3.63, 3.8) is 0 Å². The molecular weight excluding hydrogens is 908 g/mol. The predicted molar refractivity (Wildman–Crippen MR) is 271 cm³/mol. The number of rotatable bonds is 13. The second kappa shape index (κ2) is 18.1. The van der Waals surface area contributed by atoms with Crippen LogP contribution in [-0.2, 0) is 13.3 Å². The van der Waals surface area contributed by atoms with Crippen LogP contribution in [0.25, 0.3) is 0 Å². The van der Waals surface area contributed by atoms with Crippen molar-refractivity contribution in [3.05, 3.63) is 273 Å². The van der Waals surface area contributed by atoms with Crippen LogP contribution in [0.2, 0.25) is 0 Å². The SMILES string of the molecule is O=[C](Cl)[Rh]([PH](c1ccccc1)(c1ccccc1)c1ccccc1)([PH](c1ccccc1)(c1ccccc1)c1ccccc1)[PH](c1ccccc1)(c1ccccc1)c1ccccc1. The van der Waals surface area contributed by atoms with Crippen LogP contribution < -0.4 is 47.7 Å². The summed E-state index contributed by atoms with van der Waals surface area (Å²) in [6.45, 7) is 0. The van der Waals surface area contributed by atoms with Crippen LogP contribution in [-0.4, -0.2) is 3.84 Å². The zero-order valence-corrected chi connectivity index (χ0v) is 39.0. The van der Waals surface area contributed by atoms with E-state index in [0.717, 1.165) is 0 Å². The first-order valence-corrected chi connectivity index (χ1v) is 34.6. The van der Waals surface area contributed by atoms with Gasteiger partial charge in [0.15, 0.2) is 0 Å². The molecule has 9 aromatic carbocycles. The van der Waals surface area contributed by atoms with E-state index in [1.54, 1.807) is 0 Å². The number of benzene rings is 9. The zero-order valence-electron chi connectivity index (χ0n) is 33.6. The molecule has 0 unspecified atom stereocenters.